The number of carbonyl (C=O) groups is 3. The van der Waals surface area contributed by atoms with E-state index < -0.39 is 6.09 Å². The Morgan fingerprint density at radius 3 is 2.57 bits per heavy atom. The Hall–Kier alpha value is -3.66. The number of nitrogens with one attached hydrogen (secondary N) is 1. The lowest BCUT2D eigenvalue weighted by Crippen LogP contribution is -2.50. The van der Waals surface area contributed by atoms with Crippen molar-refractivity contribution >= 4 is 39.9 Å². The maximum absolute atomic E-state index is 13.4. The molecule has 2 aromatic heterocycles. The topological polar surface area (TPSA) is 105 Å². The van der Waals surface area contributed by atoms with Crippen LogP contribution in [-0.4, -0.2) is 53.8 Å². The minimum Gasteiger partial charge on any atom is -0.434 e. The van der Waals surface area contributed by atoms with Gasteiger partial charge in [0.15, 0.2) is 10.9 Å². The van der Waals surface area contributed by atoms with Gasteiger partial charge >= 0.3 is 6.09 Å². The van der Waals surface area contributed by atoms with Crippen LogP contribution in [0.2, 0.25) is 0 Å². The van der Waals surface area contributed by atoms with Gasteiger partial charge in [-0.25, -0.2) is 9.78 Å². The summed E-state index contributed by atoms with van der Waals surface area (Å²) in [6.45, 7) is 4.28. The minimum atomic E-state index is -0.679. The monoisotopic (exact) mass is 494 g/mol. The molecule has 5 rings (SSSR count). The van der Waals surface area contributed by atoms with Crippen molar-refractivity contribution in [3.05, 3.63) is 58.8 Å². The summed E-state index contributed by atoms with van der Waals surface area (Å²) in [7, 11) is 0. The molecule has 0 bridgehead atoms. The molecule has 10 heteroatoms. The van der Waals surface area contributed by atoms with E-state index in [1.54, 1.807) is 19.1 Å². The largest absolute Gasteiger partial charge is 0.434 e. The van der Waals surface area contributed by atoms with Crippen LogP contribution in [0.1, 0.15) is 46.6 Å². The number of furan rings is 1. The fourth-order valence-corrected chi connectivity index (χ4v) is 5.60. The van der Waals surface area contributed by atoms with Crippen molar-refractivity contribution in [3.63, 3.8) is 0 Å². The molecule has 1 aliphatic heterocycles. The zero-order valence-corrected chi connectivity index (χ0v) is 20.2. The van der Waals surface area contributed by atoms with E-state index >= 15 is 0 Å². The number of ketones is 1. The quantitative estimate of drug-likeness (QED) is 0.527. The molecule has 2 amide bonds. The number of piperazine rings is 1. The van der Waals surface area contributed by atoms with Crippen molar-refractivity contribution in [2.75, 3.05) is 36.4 Å². The molecule has 1 aromatic carbocycles. The first kappa shape index (κ1) is 23.1. The van der Waals surface area contributed by atoms with Crippen LogP contribution in [0.25, 0.3) is 0 Å². The highest BCUT2D eigenvalue weighted by Crippen LogP contribution is 2.38. The highest BCUT2D eigenvalue weighted by molar-refractivity contribution is 7.15. The third kappa shape index (κ3) is 5.07. The summed E-state index contributed by atoms with van der Waals surface area (Å²) in [5.74, 6) is -0.0555. The lowest BCUT2D eigenvalue weighted by molar-refractivity contribution is -0.133. The van der Waals surface area contributed by atoms with Gasteiger partial charge in [0.1, 0.15) is 0 Å². The third-order valence-corrected chi connectivity index (χ3v) is 7.43. The summed E-state index contributed by atoms with van der Waals surface area (Å²) >= 11 is 1.39. The Labute approximate surface area is 206 Å². The SMILES string of the molecule is CC(=O)c1ccc(N2CCN(C(=O)C3CCCc4sc(NC(=O)Oc5ccco5)nc43)CC2)cc1. The molecule has 0 radical (unpaired) electrons. The number of hydrogen-bond donors (Lipinski definition) is 1. The van der Waals surface area contributed by atoms with Gasteiger partial charge in [0, 0.05) is 48.4 Å². The predicted molar refractivity (Wildman–Crippen MR) is 131 cm³/mol. The number of rotatable bonds is 5. The standard InChI is InChI=1S/C25H26N4O5S/c1-16(30)17-7-9-18(10-8-17)28-11-13-29(14-12-28)23(31)19-4-2-5-20-22(19)26-24(35-20)27-25(32)34-21-6-3-15-33-21/h3,6-10,15,19H,2,4-5,11-14H2,1H3,(H,26,27,32). The summed E-state index contributed by atoms with van der Waals surface area (Å²) in [6.07, 6.45) is 3.24. The van der Waals surface area contributed by atoms with Crippen molar-refractivity contribution in [2.24, 2.45) is 0 Å². The summed E-state index contributed by atoms with van der Waals surface area (Å²) in [6, 6.07) is 10.8. The predicted octanol–water partition coefficient (Wildman–Crippen LogP) is 4.32. The van der Waals surface area contributed by atoms with Crippen molar-refractivity contribution in [3.8, 4) is 5.95 Å². The molecule has 0 saturated carbocycles. The van der Waals surface area contributed by atoms with Crippen LogP contribution >= 0.6 is 11.3 Å². The Balaban J connectivity index is 1.21. The van der Waals surface area contributed by atoms with Crippen LogP contribution in [0.5, 0.6) is 5.95 Å². The molecule has 9 nitrogen and oxygen atoms in total. The molecule has 3 heterocycles. The Kier molecular flexibility index (Phi) is 6.54. The van der Waals surface area contributed by atoms with E-state index in [-0.39, 0.29) is 23.6 Å². The molecule has 0 spiro atoms. The Morgan fingerprint density at radius 1 is 1.11 bits per heavy atom. The van der Waals surface area contributed by atoms with Crippen molar-refractivity contribution in [1.29, 1.82) is 0 Å². The van der Waals surface area contributed by atoms with Gasteiger partial charge in [0.25, 0.3) is 5.95 Å². The van der Waals surface area contributed by atoms with E-state index in [1.807, 2.05) is 29.2 Å². The molecular weight excluding hydrogens is 468 g/mol. The number of hydrogen-bond acceptors (Lipinski definition) is 8. The summed E-state index contributed by atoms with van der Waals surface area (Å²) in [5, 5.41) is 3.07. The summed E-state index contributed by atoms with van der Waals surface area (Å²) in [5.41, 5.74) is 2.52. The van der Waals surface area contributed by atoms with Crippen molar-refractivity contribution in [2.45, 2.75) is 32.1 Å². The van der Waals surface area contributed by atoms with Gasteiger partial charge in [0.2, 0.25) is 5.91 Å². The minimum absolute atomic E-state index is 0.0497. The molecule has 1 aliphatic carbocycles. The average molecular weight is 495 g/mol. The van der Waals surface area contributed by atoms with Gasteiger partial charge in [-0.15, -0.1) is 11.3 Å². The number of aryl methyl sites for hydroxylation is 1. The smallest absolute Gasteiger partial charge is 0.421 e. The highest BCUT2D eigenvalue weighted by atomic mass is 32.1. The van der Waals surface area contributed by atoms with Gasteiger partial charge in [-0.2, -0.15) is 0 Å². The first-order chi connectivity index (χ1) is 17.0. The van der Waals surface area contributed by atoms with E-state index in [0.717, 1.165) is 48.6 Å². The number of benzene rings is 1. The van der Waals surface area contributed by atoms with Crippen molar-refractivity contribution < 1.29 is 23.5 Å². The lowest BCUT2D eigenvalue weighted by Gasteiger charge is -2.38. The van der Waals surface area contributed by atoms with Crippen LogP contribution in [0.3, 0.4) is 0 Å². The normalized spacial score (nSPS) is 17.6. The first-order valence-corrected chi connectivity index (χ1v) is 12.5. The fraction of sp³-hybridized carbons (Fsp3) is 0.360. The van der Waals surface area contributed by atoms with Crippen LogP contribution < -0.4 is 15.0 Å². The van der Waals surface area contributed by atoms with Gasteiger partial charge in [-0.05, 0) is 56.5 Å². The van der Waals surface area contributed by atoms with E-state index in [4.69, 9.17) is 9.15 Å². The second-order valence-corrected chi connectivity index (χ2v) is 9.72. The van der Waals surface area contributed by atoms with Crippen LogP contribution in [0.15, 0.2) is 47.1 Å². The van der Waals surface area contributed by atoms with E-state index in [9.17, 15) is 14.4 Å². The van der Waals surface area contributed by atoms with Crippen LogP contribution in [-0.2, 0) is 11.2 Å². The Bertz CT molecular complexity index is 1210. The maximum atomic E-state index is 13.4. The van der Waals surface area contributed by atoms with Crippen molar-refractivity contribution in [1.82, 2.24) is 9.88 Å². The summed E-state index contributed by atoms with van der Waals surface area (Å²) in [4.78, 5) is 46.9. The molecule has 1 atom stereocenters. The second kappa shape index (κ2) is 9.91. The number of thiazole rings is 1. The molecule has 1 saturated heterocycles. The number of anilines is 2. The van der Waals surface area contributed by atoms with Gasteiger partial charge in [0.05, 0.1) is 17.9 Å². The zero-order chi connectivity index (χ0) is 24.4. The lowest BCUT2D eigenvalue weighted by atomic mass is 9.89. The number of aromatic nitrogens is 1. The number of fused-ring (bicyclic) bond motifs is 1. The second-order valence-electron chi connectivity index (χ2n) is 8.63. The number of ether oxygens (including phenoxy) is 1. The van der Waals surface area contributed by atoms with Gasteiger partial charge in [-0.3, -0.25) is 14.9 Å². The zero-order valence-electron chi connectivity index (χ0n) is 19.4. The molecule has 3 aromatic rings. The molecule has 2 aliphatic rings. The molecular formula is C25H26N4O5S. The molecule has 1 unspecified atom stereocenters. The van der Waals surface area contributed by atoms with E-state index in [1.165, 1.54) is 17.6 Å². The third-order valence-electron chi connectivity index (χ3n) is 6.38. The number of amides is 2. The number of carbonyl (C=O) groups excluding carboxylic acids is 3. The summed E-state index contributed by atoms with van der Waals surface area (Å²) < 4.78 is 10.1. The van der Waals surface area contributed by atoms with E-state index in [0.29, 0.717) is 23.8 Å². The van der Waals surface area contributed by atoms with E-state index in [2.05, 4.69) is 15.2 Å². The number of nitrogens with zero attached hydrogens (tertiary/aromatic N) is 3. The fourth-order valence-electron chi connectivity index (χ4n) is 4.55. The maximum Gasteiger partial charge on any atom is 0.421 e. The number of Topliss-reactive ketones (excluding diaryl/α,β-unsaturated/α-hetero) is 1. The molecule has 1 N–H and O–H groups in total. The van der Waals surface area contributed by atoms with Gasteiger partial charge in [-0.1, -0.05) is 0 Å². The molecule has 1 fully saturated rings. The highest BCUT2D eigenvalue weighted by Gasteiger charge is 2.34. The Morgan fingerprint density at radius 2 is 1.89 bits per heavy atom. The van der Waals surface area contributed by atoms with Gasteiger partial charge < -0.3 is 19.0 Å². The van der Waals surface area contributed by atoms with Crippen LogP contribution in [0.4, 0.5) is 15.6 Å². The molecule has 182 valence electrons. The van der Waals surface area contributed by atoms with Crippen LogP contribution in [0, 0.1) is 0 Å². The average Bonchev–Trinajstić information content (AvgIpc) is 3.53. The first-order valence-electron chi connectivity index (χ1n) is 11.6. The molecule has 35 heavy (non-hydrogen) atoms.